The monoisotopic (exact) mass is 616 g/mol. The molecule has 2 aliphatic heterocycles. The van der Waals surface area contributed by atoms with E-state index in [1.165, 1.54) is 0 Å². The molecule has 2 aromatic heterocycles. The van der Waals surface area contributed by atoms with Crippen LogP contribution in [0.5, 0.6) is 5.75 Å². The number of hydrogen-bond acceptors (Lipinski definition) is 6. The first-order chi connectivity index (χ1) is 20.1. The van der Waals surface area contributed by atoms with Crippen molar-refractivity contribution < 1.29 is 55.7 Å². The van der Waals surface area contributed by atoms with Gasteiger partial charge in [0, 0.05) is 38.6 Å². The second-order valence-electron chi connectivity index (χ2n) is 9.34. The number of carbonyl (C=O) groups excluding carboxylic acids is 1. The van der Waals surface area contributed by atoms with Gasteiger partial charge in [0.25, 0.3) is 5.91 Å². The van der Waals surface area contributed by atoms with Crippen molar-refractivity contribution in [3.8, 4) is 5.75 Å². The molecule has 1 aromatic carbocycles. The van der Waals surface area contributed by atoms with E-state index in [1.54, 1.807) is 7.11 Å². The lowest BCUT2D eigenvalue weighted by Crippen LogP contribution is -2.49. The van der Waals surface area contributed by atoms with Crippen LogP contribution < -0.4 is 4.74 Å². The van der Waals surface area contributed by atoms with E-state index < -0.39 is 24.3 Å². The predicted octanol–water partition coefficient (Wildman–Crippen LogP) is 4.24. The first kappa shape index (κ1) is 32.9. The SMILES string of the molecule is COc1ccc(CN2C(=O)c3cccn3C3CN(Cc4ccccn4)CC32)cc1.O=C(O)C(F)(F)F.O=C(O)C(F)(F)F. The number of rotatable bonds is 5. The van der Waals surface area contributed by atoms with Gasteiger partial charge in [-0.2, -0.15) is 26.3 Å². The van der Waals surface area contributed by atoms with E-state index in [0.29, 0.717) is 6.54 Å². The van der Waals surface area contributed by atoms with Crippen LogP contribution in [0.15, 0.2) is 67.0 Å². The van der Waals surface area contributed by atoms with Crippen molar-refractivity contribution in [3.63, 3.8) is 0 Å². The average Bonchev–Trinajstić information content (AvgIpc) is 3.59. The van der Waals surface area contributed by atoms with Gasteiger partial charge in [-0.25, -0.2) is 9.59 Å². The molecule has 10 nitrogen and oxygen atoms in total. The van der Waals surface area contributed by atoms with E-state index in [-0.39, 0.29) is 18.0 Å². The van der Waals surface area contributed by atoms with E-state index in [1.807, 2.05) is 65.8 Å². The molecule has 0 bridgehead atoms. The highest BCUT2D eigenvalue weighted by Crippen LogP contribution is 2.35. The molecule has 2 unspecified atom stereocenters. The van der Waals surface area contributed by atoms with Gasteiger partial charge in [0.15, 0.2) is 0 Å². The van der Waals surface area contributed by atoms with Gasteiger partial charge >= 0.3 is 24.3 Å². The number of likely N-dealkylation sites (tertiary alicyclic amines) is 1. The number of alkyl halides is 6. The fourth-order valence-electron chi connectivity index (χ4n) is 4.56. The van der Waals surface area contributed by atoms with E-state index in [9.17, 15) is 31.1 Å². The standard InChI is InChI=1S/C23H24N4O2.2C2HF3O2/c1-29-19-9-7-17(8-10-19)13-27-22-16-25(14-18-5-2-3-11-24-18)15-21(22)26-12-4-6-20(26)23(27)28;2*3-2(4,5)1(6)7/h2-12,21-22H,13-16H2,1H3;2*(H,6,7). The zero-order valence-electron chi connectivity index (χ0n) is 22.4. The maximum Gasteiger partial charge on any atom is 0.490 e. The Morgan fingerprint density at radius 1 is 0.884 bits per heavy atom. The number of hydrogen-bond donors (Lipinski definition) is 2. The molecule has 0 radical (unpaired) electrons. The molecule has 1 fully saturated rings. The summed E-state index contributed by atoms with van der Waals surface area (Å²) in [4.78, 5) is 40.0. The highest BCUT2D eigenvalue weighted by molar-refractivity contribution is 5.94. The normalized spacial score (nSPS) is 17.9. The Balaban J connectivity index is 0.000000303. The third-order valence-corrected chi connectivity index (χ3v) is 6.46. The number of benzene rings is 1. The van der Waals surface area contributed by atoms with Crippen molar-refractivity contribution in [2.24, 2.45) is 0 Å². The molecule has 2 N–H and O–H groups in total. The lowest BCUT2D eigenvalue weighted by atomic mass is 10.0. The Labute approximate surface area is 240 Å². The van der Waals surface area contributed by atoms with Gasteiger partial charge in [-0.1, -0.05) is 18.2 Å². The number of carboxylic acid groups (broad SMARTS) is 2. The number of pyridine rings is 1. The topological polar surface area (TPSA) is 125 Å². The second kappa shape index (κ2) is 13.6. The molecule has 1 saturated heterocycles. The Bertz CT molecular complexity index is 1370. The average molecular weight is 617 g/mol. The minimum absolute atomic E-state index is 0.103. The summed E-state index contributed by atoms with van der Waals surface area (Å²) < 4.78 is 70.9. The molecular formula is C27H26F6N4O6. The van der Waals surface area contributed by atoms with Crippen LogP contribution in [-0.4, -0.2) is 86.0 Å². The van der Waals surface area contributed by atoms with Gasteiger partial charge in [-0.05, 0) is 42.0 Å². The van der Waals surface area contributed by atoms with Gasteiger partial charge in [0.05, 0.1) is 24.9 Å². The minimum Gasteiger partial charge on any atom is -0.497 e. The maximum absolute atomic E-state index is 13.3. The number of carbonyl (C=O) groups is 3. The van der Waals surface area contributed by atoms with Crippen molar-refractivity contribution >= 4 is 17.8 Å². The van der Waals surface area contributed by atoms with E-state index in [0.717, 1.165) is 42.3 Å². The summed E-state index contributed by atoms with van der Waals surface area (Å²) in [6.45, 7) is 3.16. The largest absolute Gasteiger partial charge is 0.497 e. The number of aromatic nitrogens is 2. The van der Waals surface area contributed by atoms with Crippen molar-refractivity contribution in [1.29, 1.82) is 0 Å². The Kier molecular flexibility index (Phi) is 10.4. The van der Waals surface area contributed by atoms with Gasteiger partial charge in [0.1, 0.15) is 11.4 Å². The summed E-state index contributed by atoms with van der Waals surface area (Å²) in [5.74, 6) is -4.58. The van der Waals surface area contributed by atoms with Crippen LogP contribution in [0, 0.1) is 0 Å². The van der Waals surface area contributed by atoms with Gasteiger partial charge < -0.3 is 24.4 Å². The number of nitrogens with zero attached hydrogens (tertiary/aromatic N) is 4. The van der Waals surface area contributed by atoms with Crippen molar-refractivity contribution in [1.82, 2.24) is 19.4 Å². The molecule has 2 atom stereocenters. The zero-order valence-corrected chi connectivity index (χ0v) is 22.4. The smallest absolute Gasteiger partial charge is 0.490 e. The third-order valence-electron chi connectivity index (χ3n) is 6.46. The molecular weight excluding hydrogens is 590 g/mol. The molecule has 3 aromatic rings. The van der Waals surface area contributed by atoms with Gasteiger partial charge in [0.2, 0.25) is 0 Å². The summed E-state index contributed by atoms with van der Waals surface area (Å²) in [7, 11) is 1.66. The zero-order chi connectivity index (χ0) is 31.9. The number of aliphatic carboxylic acids is 2. The van der Waals surface area contributed by atoms with Crippen molar-refractivity contribution in [2.75, 3.05) is 20.2 Å². The van der Waals surface area contributed by atoms with E-state index in [4.69, 9.17) is 24.5 Å². The lowest BCUT2D eigenvalue weighted by Gasteiger charge is -2.38. The molecule has 0 aliphatic carbocycles. The van der Waals surface area contributed by atoms with Crippen LogP contribution in [0.2, 0.25) is 0 Å². The molecule has 232 valence electrons. The van der Waals surface area contributed by atoms with Gasteiger partial charge in [-0.3, -0.25) is 14.7 Å². The molecule has 1 amide bonds. The summed E-state index contributed by atoms with van der Waals surface area (Å²) >= 11 is 0. The first-order valence-corrected chi connectivity index (χ1v) is 12.4. The van der Waals surface area contributed by atoms with Crippen LogP contribution in [-0.2, 0) is 22.7 Å². The summed E-state index contributed by atoms with van der Waals surface area (Å²) in [6, 6.07) is 18.3. The molecule has 43 heavy (non-hydrogen) atoms. The lowest BCUT2D eigenvalue weighted by molar-refractivity contribution is -0.193. The van der Waals surface area contributed by atoms with Crippen molar-refractivity contribution in [3.05, 3.63) is 83.9 Å². The summed E-state index contributed by atoms with van der Waals surface area (Å²) in [6.07, 6.45) is -6.29. The van der Waals surface area contributed by atoms with E-state index >= 15 is 0 Å². The predicted molar refractivity (Wildman–Crippen MR) is 137 cm³/mol. The van der Waals surface area contributed by atoms with Crippen LogP contribution in [0.3, 0.4) is 0 Å². The number of carboxylic acids is 2. The highest BCUT2D eigenvalue weighted by atomic mass is 19.4. The number of ether oxygens (including phenoxy) is 1. The van der Waals surface area contributed by atoms with Gasteiger partial charge in [-0.15, -0.1) is 0 Å². The maximum atomic E-state index is 13.3. The molecule has 0 saturated carbocycles. The molecule has 0 spiro atoms. The Morgan fingerprint density at radius 3 is 1.98 bits per heavy atom. The molecule has 5 rings (SSSR count). The van der Waals surface area contributed by atoms with E-state index in [2.05, 4.69) is 20.5 Å². The first-order valence-electron chi connectivity index (χ1n) is 12.4. The molecule has 4 heterocycles. The van der Waals surface area contributed by atoms with Crippen molar-refractivity contribution in [2.45, 2.75) is 37.5 Å². The van der Waals surface area contributed by atoms with Crippen LogP contribution >= 0.6 is 0 Å². The molecule has 2 aliphatic rings. The quantitative estimate of drug-likeness (QED) is 0.408. The number of halogens is 6. The summed E-state index contributed by atoms with van der Waals surface area (Å²) in [5, 5.41) is 14.2. The number of amides is 1. The Hall–Kier alpha value is -4.60. The highest BCUT2D eigenvalue weighted by Gasteiger charge is 2.45. The summed E-state index contributed by atoms with van der Waals surface area (Å²) in [5.41, 5.74) is 2.95. The van der Waals surface area contributed by atoms with Crippen LogP contribution in [0.1, 0.15) is 27.8 Å². The molecule has 16 heteroatoms. The second-order valence-corrected chi connectivity index (χ2v) is 9.34. The van der Waals surface area contributed by atoms with Crippen LogP contribution in [0.25, 0.3) is 0 Å². The fourth-order valence-corrected chi connectivity index (χ4v) is 4.56. The minimum atomic E-state index is -5.08. The number of fused-ring (bicyclic) bond motifs is 3. The fraction of sp³-hybridized carbons (Fsp3) is 0.333. The number of methoxy groups -OCH3 is 1. The Morgan fingerprint density at radius 2 is 1.47 bits per heavy atom. The van der Waals surface area contributed by atoms with Crippen LogP contribution in [0.4, 0.5) is 26.3 Å². The third kappa shape index (κ3) is 8.70.